The number of nitrogens with one attached hydrogen (secondary N) is 1. The summed E-state index contributed by atoms with van der Waals surface area (Å²) in [6.45, 7) is 5.52. The lowest BCUT2D eigenvalue weighted by molar-refractivity contribution is 0.0767. The molecule has 2 heterocycles. The van der Waals surface area contributed by atoms with Gasteiger partial charge in [0.15, 0.2) is 0 Å². The van der Waals surface area contributed by atoms with Crippen LogP contribution < -0.4 is 0 Å². The van der Waals surface area contributed by atoms with Crippen molar-refractivity contribution < 1.29 is 4.79 Å². The molecule has 0 spiro atoms. The van der Waals surface area contributed by atoms with Crippen molar-refractivity contribution in [3.63, 3.8) is 0 Å². The summed E-state index contributed by atoms with van der Waals surface area (Å²) in [6.07, 6.45) is 3.08. The molecule has 0 aliphatic carbocycles. The van der Waals surface area contributed by atoms with Crippen molar-refractivity contribution in [2.24, 2.45) is 0 Å². The Morgan fingerprint density at radius 2 is 1.84 bits per heavy atom. The maximum Gasteiger partial charge on any atom is 0.270 e. The molecule has 0 unspecified atom stereocenters. The maximum absolute atomic E-state index is 13.0. The largest absolute Gasteiger partial charge is 0.350 e. The second-order valence-corrected chi connectivity index (χ2v) is 6.72. The third-order valence-electron chi connectivity index (χ3n) is 5.16. The molecule has 0 saturated heterocycles. The van der Waals surface area contributed by atoms with Crippen molar-refractivity contribution in [2.75, 3.05) is 13.1 Å². The van der Waals surface area contributed by atoms with Gasteiger partial charge in [-0.2, -0.15) is 0 Å². The summed E-state index contributed by atoms with van der Waals surface area (Å²) in [5, 5.41) is 1.14. The predicted molar refractivity (Wildman–Crippen MR) is 103 cm³/mol. The van der Waals surface area contributed by atoms with E-state index in [2.05, 4.69) is 54.4 Å². The number of H-pyrrole nitrogens is 1. The average molecular weight is 330 g/mol. The van der Waals surface area contributed by atoms with Crippen molar-refractivity contribution in [3.8, 4) is 0 Å². The third-order valence-corrected chi connectivity index (χ3v) is 5.16. The molecule has 0 atom stereocenters. The number of aryl methyl sites for hydroxylation is 2. The highest BCUT2D eigenvalue weighted by molar-refractivity contribution is 6.01. The van der Waals surface area contributed by atoms with Crippen molar-refractivity contribution in [2.45, 2.75) is 20.3 Å². The van der Waals surface area contributed by atoms with Gasteiger partial charge in [0, 0.05) is 24.0 Å². The van der Waals surface area contributed by atoms with Crippen LogP contribution in [0.2, 0.25) is 0 Å². The van der Waals surface area contributed by atoms with Crippen LogP contribution in [0, 0.1) is 13.8 Å². The molecule has 1 amide bonds. The van der Waals surface area contributed by atoms with E-state index in [1.54, 1.807) is 0 Å². The molecule has 0 fully saturated rings. The van der Waals surface area contributed by atoms with E-state index in [1.165, 1.54) is 16.7 Å². The minimum atomic E-state index is 0.0939. The number of para-hydroxylation sites is 1. The Kier molecular flexibility index (Phi) is 3.92. The summed E-state index contributed by atoms with van der Waals surface area (Å²) in [5.41, 5.74) is 6.59. The van der Waals surface area contributed by atoms with Gasteiger partial charge >= 0.3 is 0 Å². The van der Waals surface area contributed by atoms with Gasteiger partial charge < -0.3 is 9.88 Å². The van der Waals surface area contributed by atoms with Crippen LogP contribution in [0.25, 0.3) is 16.5 Å². The zero-order chi connectivity index (χ0) is 17.4. The van der Waals surface area contributed by atoms with Crippen LogP contribution in [0.1, 0.15) is 33.6 Å². The van der Waals surface area contributed by atoms with E-state index >= 15 is 0 Å². The number of amides is 1. The summed E-state index contributed by atoms with van der Waals surface area (Å²) in [4.78, 5) is 18.3. The minimum absolute atomic E-state index is 0.0939. The van der Waals surface area contributed by atoms with Crippen LogP contribution >= 0.6 is 0 Å². The average Bonchev–Trinajstić information content (AvgIpc) is 3.00. The second-order valence-electron chi connectivity index (χ2n) is 6.72. The number of fused-ring (bicyclic) bond motifs is 1. The van der Waals surface area contributed by atoms with Crippen LogP contribution in [0.3, 0.4) is 0 Å². The van der Waals surface area contributed by atoms with E-state index in [0.717, 1.165) is 35.1 Å². The molecule has 4 rings (SSSR count). The highest BCUT2D eigenvalue weighted by atomic mass is 16.2. The molecule has 0 bridgehead atoms. The van der Waals surface area contributed by atoms with Gasteiger partial charge in [0.2, 0.25) is 0 Å². The van der Waals surface area contributed by atoms with Gasteiger partial charge in [0.1, 0.15) is 5.69 Å². The lowest BCUT2D eigenvalue weighted by atomic mass is 9.99. The molecule has 3 aromatic rings. The summed E-state index contributed by atoms with van der Waals surface area (Å²) >= 11 is 0. The summed E-state index contributed by atoms with van der Waals surface area (Å²) < 4.78 is 0. The van der Waals surface area contributed by atoms with E-state index < -0.39 is 0 Å². The first-order valence-electron chi connectivity index (χ1n) is 8.77. The summed E-state index contributed by atoms with van der Waals surface area (Å²) in [7, 11) is 0. The zero-order valence-corrected chi connectivity index (χ0v) is 14.7. The van der Waals surface area contributed by atoms with Gasteiger partial charge in [-0.15, -0.1) is 0 Å². The topological polar surface area (TPSA) is 36.1 Å². The second kappa shape index (κ2) is 6.25. The van der Waals surface area contributed by atoms with Crippen molar-refractivity contribution in [3.05, 3.63) is 77.0 Å². The number of aromatic amines is 1. The highest BCUT2D eigenvalue weighted by Crippen LogP contribution is 2.27. The number of nitrogens with zero attached hydrogens (tertiary/aromatic N) is 1. The van der Waals surface area contributed by atoms with Crippen LogP contribution in [0.5, 0.6) is 0 Å². The van der Waals surface area contributed by atoms with E-state index in [4.69, 9.17) is 0 Å². The van der Waals surface area contributed by atoms with E-state index in [1.807, 2.05) is 24.0 Å². The Bertz CT molecular complexity index is 966. The molecular weight excluding hydrogens is 308 g/mol. The first-order chi connectivity index (χ1) is 12.1. The fraction of sp³-hybridized carbons (Fsp3) is 0.227. The lowest BCUT2D eigenvalue weighted by Crippen LogP contribution is -2.35. The SMILES string of the molecule is Cc1c(C(=O)N2CC=C(c3ccccc3)CC2)[nH]c2c(C)cccc12. The fourth-order valence-electron chi connectivity index (χ4n) is 3.64. The van der Waals surface area contributed by atoms with Gasteiger partial charge in [-0.05, 0) is 42.5 Å². The molecule has 1 aromatic heterocycles. The van der Waals surface area contributed by atoms with Gasteiger partial charge in [-0.3, -0.25) is 4.79 Å². The molecule has 1 aliphatic rings. The normalized spacial score (nSPS) is 14.6. The summed E-state index contributed by atoms with van der Waals surface area (Å²) in [5.74, 6) is 0.0939. The molecule has 126 valence electrons. The molecule has 1 aliphatic heterocycles. The molecule has 25 heavy (non-hydrogen) atoms. The maximum atomic E-state index is 13.0. The minimum Gasteiger partial charge on any atom is -0.350 e. The Morgan fingerprint density at radius 3 is 2.52 bits per heavy atom. The van der Waals surface area contributed by atoms with Crippen LogP contribution in [-0.2, 0) is 0 Å². The molecule has 0 radical (unpaired) electrons. The van der Waals surface area contributed by atoms with Crippen molar-refractivity contribution >= 4 is 22.4 Å². The first kappa shape index (κ1) is 15.7. The van der Waals surface area contributed by atoms with Crippen LogP contribution in [0.4, 0.5) is 0 Å². The molecule has 2 aromatic carbocycles. The first-order valence-corrected chi connectivity index (χ1v) is 8.77. The number of aromatic nitrogens is 1. The van der Waals surface area contributed by atoms with Gasteiger partial charge in [-0.1, -0.05) is 54.6 Å². The number of carbonyl (C=O) groups excluding carboxylic acids is 1. The molecule has 3 nitrogen and oxygen atoms in total. The Hall–Kier alpha value is -2.81. The van der Waals surface area contributed by atoms with Gasteiger partial charge in [0.25, 0.3) is 5.91 Å². The Labute approximate surface area is 148 Å². The fourth-order valence-corrected chi connectivity index (χ4v) is 3.64. The van der Waals surface area contributed by atoms with Crippen molar-refractivity contribution in [1.82, 2.24) is 9.88 Å². The molecule has 1 N–H and O–H groups in total. The number of carbonyl (C=O) groups is 1. The van der Waals surface area contributed by atoms with Crippen LogP contribution in [0.15, 0.2) is 54.6 Å². The van der Waals surface area contributed by atoms with Crippen molar-refractivity contribution in [1.29, 1.82) is 0 Å². The predicted octanol–water partition coefficient (Wildman–Crippen LogP) is 4.71. The Balaban J connectivity index is 1.60. The summed E-state index contributed by atoms with van der Waals surface area (Å²) in [6, 6.07) is 16.6. The standard InChI is InChI=1S/C22H22N2O/c1-15-7-6-10-19-16(2)21(23-20(15)19)22(25)24-13-11-18(12-14-24)17-8-4-3-5-9-17/h3-11,23H,12-14H2,1-2H3. The number of rotatable bonds is 2. The zero-order valence-electron chi connectivity index (χ0n) is 14.7. The number of hydrogen-bond donors (Lipinski definition) is 1. The smallest absolute Gasteiger partial charge is 0.270 e. The van der Waals surface area contributed by atoms with Gasteiger partial charge in [-0.25, -0.2) is 0 Å². The van der Waals surface area contributed by atoms with E-state index in [0.29, 0.717) is 6.54 Å². The van der Waals surface area contributed by atoms with E-state index in [9.17, 15) is 4.79 Å². The molecule has 3 heteroatoms. The third kappa shape index (κ3) is 2.76. The number of benzene rings is 2. The quantitative estimate of drug-likeness (QED) is 0.725. The lowest BCUT2D eigenvalue weighted by Gasteiger charge is -2.26. The van der Waals surface area contributed by atoms with E-state index in [-0.39, 0.29) is 5.91 Å². The monoisotopic (exact) mass is 330 g/mol. The number of hydrogen-bond acceptors (Lipinski definition) is 1. The van der Waals surface area contributed by atoms with Gasteiger partial charge in [0.05, 0.1) is 0 Å². The Morgan fingerprint density at radius 1 is 1.04 bits per heavy atom. The molecule has 0 saturated carbocycles. The highest BCUT2D eigenvalue weighted by Gasteiger charge is 2.23. The van der Waals surface area contributed by atoms with Crippen LogP contribution in [-0.4, -0.2) is 28.9 Å². The molecular formula is C22H22N2O.